The molecule has 0 N–H and O–H groups in total. The maximum atomic E-state index is 2.75. The van der Waals surface area contributed by atoms with E-state index in [-0.39, 0.29) is 0 Å². The van der Waals surface area contributed by atoms with Crippen molar-refractivity contribution in [2.45, 2.75) is 6.42 Å². The molecule has 0 radical (unpaired) electrons. The van der Waals surface area contributed by atoms with E-state index < -0.39 is 0 Å². The molecule has 0 aromatic rings. The molecule has 0 amide bonds. The van der Waals surface area contributed by atoms with Crippen LogP contribution in [0.25, 0.3) is 0 Å². The van der Waals surface area contributed by atoms with Gasteiger partial charge in [0.1, 0.15) is 0 Å². The first-order valence-corrected chi connectivity index (χ1v) is 9.09. The fraction of sp³-hybridized carbons (Fsp3) is 0.600. The van der Waals surface area contributed by atoms with Crippen LogP contribution < -0.4 is 21.2 Å². The number of halogens is 3. The van der Waals surface area contributed by atoms with Gasteiger partial charge in [-0.15, -0.1) is 0 Å². The Morgan fingerprint density at radius 2 is 2.00 bits per heavy atom. The van der Waals surface area contributed by atoms with E-state index >= 15 is 0 Å². The topological polar surface area (TPSA) is 0 Å². The van der Waals surface area contributed by atoms with Crippen LogP contribution in [0.1, 0.15) is 6.42 Å². The van der Waals surface area contributed by atoms with Crippen molar-refractivity contribution in [2.24, 2.45) is 0 Å². The van der Waals surface area contributed by atoms with Crippen molar-refractivity contribution < 1.29 is 21.2 Å². The molecule has 0 saturated heterocycles. The minimum absolute atomic E-state index is 0.628. The summed E-state index contributed by atoms with van der Waals surface area (Å²) in [5.74, 6) is 0. The van der Waals surface area contributed by atoms with Crippen LogP contribution in [0.2, 0.25) is 0 Å². The van der Waals surface area contributed by atoms with Gasteiger partial charge < -0.3 is 0 Å². The van der Waals surface area contributed by atoms with Gasteiger partial charge in [-0.05, 0) is 0 Å². The van der Waals surface area contributed by atoms with Crippen molar-refractivity contribution in [1.29, 1.82) is 0 Å². The predicted molar refractivity (Wildman–Crippen MR) is 41.3 cm³/mol. The molecule has 0 aromatic heterocycles. The first-order chi connectivity index (χ1) is 4.00. The van der Waals surface area contributed by atoms with Crippen LogP contribution in [-0.4, -0.2) is 8.86 Å². The van der Waals surface area contributed by atoms with Crippen LogP contribution in [0.4, 0.5) is 0 Å². The molecule has 0 atom stereocenters. The Kier molecular flexibility index (Phi) is 9.94. The maximum absolute atomic E-state index is 2.75. The molecule has 0 bridgehead atoms. The van der Waals surface area contributed by atoms with E-state index in [0.29, 0.717) is 21.2 Å². The first kappa shape index (κ1) is 9.43. The van der Waals surface area contributed by atoms with Crippen LogP contribution in [-0.2, 0) is 0 Å². The molecule has 0 unspecified atom stereocenters. The third kappa shape index (κ3) is 5.56. The molecule has 0 spiro atoms. The second-order valence-corrected chi connectivity index (χ2v) is 4.33. The number of rotatable bonds is 0. The summed E-state index contributed by atoms with van der Waals surface area (Å²) in [5, 5.41) is 0. The van der Waals surface area contributed by atoms with Gasteiger partial charge in [-0.3, -0.25) is 0 Å². The van der Waals surface area contributed by atoms with Crippen LogP contribution in [0, 0.1) is 0 Å². The van der Waals surface area contributed by atoms with E-state index in [2.05, 4.69) is 40.4 Å². The molecule has 0 saturated carbocycles. The van der Waals surface area contributed by atoms with Crippen LogP contribution in [0.15, 0.2) is 12.2 Å². The SMILES string of the molecule is BrBr.C1=CC[I-]CC1. The van der Waals surface area contributed by atoms with Gasteiger partial charge in [0.15, 0.2) is 0 Å². The Labute approximate surface area is 76.2 Å². The van der Waals surface area contributed by atoms with E-state index in [1.807, 2.05) is 0 Å². The molecule has 8 heavy (non-hydrogen) atoms. The van der Waals surface area contributed by atoms with Crippen LogP contribution >= 0.6 is 28.3 Å². The van der Waals surface area contributed by atoms with Crippen LogP contribution in [0.5, 0.6) is 0 Å². The van der Waals surface area contributed by atoms with Gasteiger partial charge in [0, 0.05) is 28.3 Å². The zero-order valence-electron chi connectivity index (χ0n) is 4.41. The third-order valence-electron chi connectivity index (χ3n) is 0.774. The quantitative estimate of drug-likeness (QED) is 0.319. The second kappa shape index (κ2) is 8.43. The van der Waals surface area contributed by atoms with E-state index in [1.165, 1.54) is 15.3 Å². The predicted octanol–water partition coefficient (Wildman–Crippen LogP) is -0.274. The second-order valence-electron chi connectivity index (χ2n) is 1.29. The van der Waals surface area contributed by atoms with E-state index in [1.54, 1.807) is 0 Å². The van der Waals surface area contributed by atoms with Gasteiger partial charge in [-0.2, -0.15) is 0 Å². The minimum atomic E-state index is 0.628. The summed E-state index contributed by atoms with van der Waals surface area (Å²) in [6.07, 6.45) is 5.98. The number of hydrogen-bond acceptors (Lipinski definition) is 0. The summed E-state index contributed by atoms with van der Waals surface area (Å²) in [4.78, 5) is 0. The van der Waals surface area contributed by atoms with Crippen molar-refractivity contribution in [1.82, 2.24) is 0 Å². The van der Waals surface area contributed by atoms with Crippen molar-refractivity contribution in [3.05, 3.63) is 12.2 Å². The Bertz CT molecular complexity index is 55.4. The van der Waals surface area contributed by atoms with Gasteiger partial charge >= 0.3 is 48.6 Å². The normalized spacial score (nSPS) is 17.8. The molecule has 0 aliphatic carbocycles. The Balaban J connectivity index is 0.000000222. The molecule has 3 heteroatoms. The van der Waals surface area contributed by atoms with Crippen molar-refractivity contribution in [3.63, 3.8) is 0 Å². The summed E-state index contributed by atoms with van der Waals surface area (Å²) in [6.45, 7) is 0. The summed E-state index contributed by atoms with van der Waals surface area (Å²) in [6, 6.07) is 0. The average molecular weight is 355 g/mol. The van der Waals surface area contributed by atoms with Gasteiger partial charge in [-0.25, -0.2) is 0 Å². The Morgan fingerprint density at radius 3 is 2.12 bits per heavy atom. The summed E-state index contributed by atoms with van der Waals surface area (Å²) in [7, 11) is 0. The van der Waals surface area contributed by atoms with Gasteiger partial charge in [-0.1, -0.05) is 0 Å². The fourth-order valence-corrected chi connectivity index (χ4v) is 2.42. The molecule has 1 aliphatic rings. The van der Waals surface area contributed by atoms with Gasteiger partial charge in [0.25, 0.3) is 0 Å². The molecule has 0 nitrogen and oxygen atoms in total. The zero-order chi connectivity index (χ0) is 6.24. The average Bonchev–Trinajstić information content (AvgIpc) is 1.96. The first-order valence-electron chi connectivity index (χ1n) is 2.33. The number of hydrogen-bond donors (Lipinski definition) is 0. The van der Waals surface area contributed by atoms with Crippen molar-refractivity contribution in [2.75, 3.05) is 8.86 Å². The standard InChI is InChI=1S/C5H8I.Br2/c1-2-4-6-5-3-1;1-2/h1-2H,3-5H2;/q-1;. The van der Waals surface area contributed by atoms with Crippen molar-refractivity contribution >= 4 is 28.3 Å². The summed E-state index contributed by atoms with van der Waals surface area (Å²) in [5.41, 5.74) is 0. The van der Waals surface area contributed by atoms with Gasteiger partial charge in [0.2, 0.25) is 0 Å². The summed E-state index contributed by atoms with van der Waals surface area (Å²) >= 11 is 6.13. The fourth-order valence-electron chi connectivity index (χ4n) is 0.461. The number of allylic oxidation sites excluding steroid dienone is 2. The molecule has 50 valence electrons. The molecule has 1 aliphatic heterocycles. The van der Waals surface area contributed by atoms with Gasteiger partial charge in [0.05, 0.1) is 0 Å². The van der Waals surface area contributed by atoms with Crippen molar-refractivity contribution in [3.8, 4) is 0 Å². The van der Waals surface area contributed by atoms with E-state index in [0.717, 1.165) is 0 Å². The molecule has 0 aromatic carbocycles. The van der Waals surface area contributed by atoms with E-state index in [9.17, 15) is 0 Å². The summed E-state index contributed by atoms with van der Waals surface area (Å²) < 4.78 is 2.95. The molecule has 1 heterocycles. The van der Waals surface area contributed by atoms with E-state index in [4.69, 9.17) is 0 Å². The monoisotopic (exact) mass is 353 g/mol. The zero-order valence-corrected chi connectivity index (χ0v) is 9.74. The number of alkyl halides is 2. The molecular formula is C5H8Br2I-. The van der Waals surface area contributed by atoms with Crippen LogP contribution in [0.3, 0.4) is 0 Å². The molecule has 0 fully saturated rings. The Morgan fingerprint density at radius 1 is 1.25 bits per heavy atom. The third-order valence-corrected chi connectivity index (χ3v) is 3.29. The molecular weight excluding hydrogens is 347 g/mol. The molecule has 1 rings (SSSR count). The Hall–Kier alpha value is 1.43.